The summed E-state index contributed by atoms with van der Waals surface area (Å²) in [5.41, 5.74) is 6.68. The van der Waals surface area contributed by atoms with E-state index >= 15 is 0 Å². The molecule has 120 valence electrons. The molecule has 0 aliphatic heterocycles. The van der Waals surface area contributed by atoms with Gasteiger partial charge in [-0.2, -0.15) is 0 Å². The Morgan fingerprint density at radius 3 is 2.62 bits per heavy atom. The Balaban J connectivity index is 2.04. The number of rotatable bonds is 2. The Kier molecular flexibility index (Phi) is 3.38. The zero-order chi connectivity index (χ0) is 16.8. The van der Waals surface area contributed by atoms with E-state index in [-0.39, 0.29) is 0 Å². The molecule has 3 heterocycles. The Morgan fingerprint density at radius 2 is 1.88 bits per heavy atom. The minimum atomic E-state index is 0.513. The summed E-state index contributed by atoms with van der Waals surface area (Å²) < 4.78 is 8.40. The number of pyridine rings is 2. The third kappa shape index (κ3) is 2.20. The third-order valence-electron chi connectivity index (χ3n) is 4.73. The van der Waals surface area contributed by atoms with Crippen molar-refractivity contribution in [2.24, 2.45) is 7.05 Å². The van der Waals surface area contributed by atoms with Gasteiger partial charge in [-0.25, -0.2) is 4.57 Å². The molecule has 0 fully saturated rings. The van der Waals surface area contributed by atoms with Crippen LogP contribution in [0.3, 0.4) is 0 Å². The second kappa shape index (κ2) is 5.45. The molecule has 24 heavy (non-hydrogen) atoms. The Bertz CT molecular complexity index is 1060. The van der Waals surface area contributed by atoms with E-state index in [1.54, 1.807) is 6.20 Å². The van der Waals surface area contributed by atoms with Gasteiger partial charge in [0.25, 0.3) is 0 Å². The second-order valence-corrected chi connectivity index (χ2v) is 6.72. The van der Waals surface area contributed by atoms with Crippen LogP contribution in [0.15, 0.2) is 53.3 Å². The van der Waals surface area contributed by atoms with Crippen LogP contribution in [0.2, 0.25) is 0 Å². The highest BCUT2D eigenvalue weighted by Gasteiger charge is 2.21. The first-order chi connectivity index (χ1) is 11.6. The summed E-state index contributed by atoms with van der Waals surface area (Å²) in [6.07, 6.45) is 5.86. The van der Waals surface area contributed by atoms with Gasteiger partial charge in [0.1, 0.15) is 18.2 Å². The summed E-state index contributed by atoms with van der Waals surface area (Å²) in [6, 6.07) is 10.6. The van der Waals surface area contributed by atoms with Gasteiger partial charge in [0.05, 0.1) is 5.56 Å². The molecular weight excluding hydrogens is 296 g/mol. The molecule has 0 unspecified atom stereocenters. The lowest BCUT2D eigenvalue weighted by Gasteiger charge is -2.08. The molecule has 1 aromatic carbocycles. The van der Waals surface area contributed by atoms with Gasteiger partial charge in [-0.05, 0) is 30.5 Å². The smallest absolute Gasteiger partial charge is 0.216 e. The molecule has 3 aromatic heterocycles. The lowest BCUT2D eigenvalue weighted by Crippen LogP contribution is -2.31. The maximum atomic E-state index is 6.20. The molecule has 0 bridgehead atoms. The van der Waals surface area contributed by atoms with Crippen molar-refractivity contribution in [3.05, 3.63) is 60.0 Å². The number of hydrogen-bond donors (Lipinski definition) is 0. The number of fused-ring (bicyclic) bond motifs is 3. The molecule has 3 nitrogen and oxygen atoms in total. The van der Waals surface area contributed by atoms with E-state index in [0.717, 1.165) is 33.2 Å². The van der Waals surface area contributed by atoms with E-state index in [1.807, 2.05) is 12.3 Å². The fourth-order valence-electron chi connectivity index (χ4n) is 3.33. The fraction of sp³-hybridized carbons (Fsp3) is 0.238. The van der Waals surface area contributed by atoms with Crippen LogP contribution in [-0.2, 0) is 7.05 Å². The molecule has 0 spiro atoms. The highest BCUT2D eigenvalue weighted by molar-refractivity contribution is 6.09. The maximum Gasteiger partial charge on any atom is 0.216 e. The van der Waals surface area contributed by atoms with E-state index in [2.05, 4.69) is 67.8 Å². The summed E-state index contributed by atoms with van der Waals surface area (Å²) >= 11 is 0. The SMILES string of the molecule is Cc1ccc2c(oc3ccncc32)c1-c1ccc(C(C)C)c[n+]1C. The molecule has 0 aliphatic rings. The minimum absolute atomic E-state index is 0.513. The topological polar surface area (TPSA) is 29.9 Å². The number of benzene rings is 1. The molecule has 0 atom stereocenters. The lowest BCUT2D eigenvalue weighted by molar-refractivity contribution is -0.660. The van der Waals surface area contributed by atoms with Crippen LogP contribution in [0.1, 0.15) is 30.9 Å². The van der Waals surface area contributed by atoms with Gasteiger partial charge in [0, 0.05) is 34.8 Å². The molecule has 4 aromatic rings. The van der Waals surface area contributed by atoms with Gasteiger partial charge in [-0.3, -0.25) is 4.98 Å². The Hall–Kier alpha value is -2.68. The molecule has 0 saturated carbocycles. The quantitative estimate of drug-likeness (QED) is 0.492. The van der Waals surface area contributed by atoms with Crippen molar-refractivity contribution in [1.29, 1.82) is 0 Å². The van der Waals surface area contributed by atoms with Gasteiger partial charge in [-0.1, -0.05) is 26.0 Å². The van der Waals surface area contributed by atoms with Crippen molar-refractivity contribution in [3.63, 3.8) is 0 Å². The minimum Gasteiger partial charge on any atom is -0.455 e. The average molecular weight is 317 g/mol. The van der Waals surface area contributed by atoms with Gasteiger partial charge in [0.15, 0.2) is 6.20 Å². The van der Waals surface area contributed by atoms with E-state index in [0.29, 0.717) is 5.92 Å². The molecule has 0 amide bonds. The Labute approximate surface area is 141 Å². The van der Waals surface area contributed by atoms with Gasteiger partial charge >= 0.3 is 0 Å². The van der Waals surface area contributed by atoms with E-state index in [4.69, 9.17) is 4.42 Å². The van der Waals surface area contributed by atoms with Crippen LogP contribution in [0.4, 0.5) is 0 Å². The zero-order valence-corrected chi connectivity index (χ0v) is 14.5. The van der Waals surface area contributed by atoms with E-state index in [9.17, 15) is 0 Å². The maximum absolute atomic E-state index is 6.20. The van der Waals surface area contributed by atoms with Crippen molar-refractivity contribution in [2.75, 3.05) is 0 Å². The normalized spacial score (nSPS) is 11.7. The van der Waals surface area contributed by atoms with Crippen LogP contribution in [0.5, 0.6) is 0 Å². The summed E-state index contributed by atoms with van der Waals surface area (Å²) in [7, 11) is 2.10. The van der Waals surface area contributed by atoms with Crippen molar-refractivity contribution >= 4 is 21.9 Å². The monoisotopic (exact) mass is 317 g/mol. The standard InChI is InChI=1S/C21H21N2O/c1-13(2)15-6-8-18(23(4)12-15)20-14(3)5-7-16-17-11-22-10-9-19(17)24-21(16)20/h5-13H,1-4H3/q+1. The van der Waals surface area contributed by atoms with Gasteiger partial charge in [-0.15, -0.1) is 0 Å². The van der Waals surface area contributed by atoms with E-state index in [1.165, 1.54) is 11.1 Å². The van der Waals surface area contributed by atoms with Gasteiger partial charge in [0.2, 0.25) is 5.69 Å². The van der Waals surface area contributed by atoms with E-state index < -0.39 is 0 Å². The second-order valence-electron chi connectivity index (χ2n) is 6.72. The van der Waals surface area contributed by atoms with Crippen LogP contribution in [0, 0.1) is 6.92 Å². The summed E-state index contributed by atoms with van der Waals surface area (Å²) in [5, 5.41) is 2.18. The predicted octanol–water partition coefficient (Wildman–Crippen LogP) is 4.90. The molecule has 0 N–H and O–H groups in total. The third-order valence-corrected chi connectivity index (χ3v) is 4.73. The van der Waals surface area contributed by atoms with Crippen LogP contribution >= 0.6 is 0 Å². The summed E-state index contributed by atoms with van der Waals surface area (Å²) in [5.74, 6) is 0.513. The number of furan rings is 1. The van der Waals surface area contributed by atoms with Crippen molar-refractivity contribution in [1.82, 2.24) is 4.98 Å². The molecule has 3 heteroatoms. The molecule has 0 aliphatic carbocycles. The first-order valence-corrected chi connectivity index (χ1v) is 8.32. The molecule has 0 saturated heterocycles. The largest absolute Gasteiger partial charge is 0.455 e. The predicted molar refractivity (Wildman–Crippen MR) is 97.0 cm³/mol. The number of aryl methyl sites for hydroxylation is 2. The first kappa shape index (κ1) is 14.9. The molecular formula is C21H21N2O+. The van der Waals surface area contributed by atoms with Crippen LogP contribution in [0.25, 0.3) is 33.2 Å². The summed E-state index contributed by atoms with van der Waals surface area (Å²) in [6.45, 7) is 6.57. The van der Waals surface area contributed by atoms with Crippen LogP contribution < -0.4 is 4.57 Å². The highest BCUT2D eigenvalue weighted by Crippen LogP contribution is 2.36. The van der Waals surface area contributed by atoms with Crippen molar-refractivity contribution in [2.45, 2.75) is 26.7 Å². The van der Waals surface area contributed by atoms with Crippen molar-refractivity contribution < 1.29 is 8.98 Å². The number of nitrogens with zero attached hydrogens (tertiary/aromatic N) is 2. The zero-order valence-electron chi connectivity index (χ0n) is 14.5. The number of aromatic nitrogens is 2. The average Bonchev–Trinajstić information content (AvgIpc) is 2.94. The fourth-order valence-corrected chi connectivity index (χ4v) is 3.33. The summed E-state index contributed by atoms with van der Waals surface area (Å²) in [4.78, 5) is 4.24. The highest BCUT2D eigenvalue weighted by atomic mass is 16.3. The Morgan fingerprint density at radius 1 is 1.04 bits per heavy atom. The van der Waals surface area contributed by atoms with Crippen LogP contribution in [-0.4, -0.2) is 4.98 Å². The van der Waals surface area contributed by atoms with Gasteiger partial charge < -0.3 is 4.42 Å². The molecule has 4 rings (SSSR count). The molecule has 0 radical (unpaired) electrons. The first-order valence-electron chi connectivity index (χ1n) is 8.32. The lowest BCUT2D eigenvalue weighted by atomic mass is 9.99. The van der Waals surface area contributed by atoms with Crippen molar-refractivity contribution in [3.8, 4) is 11.3 Å². The number of hydrogen-bond acceptors (Lipinski definition) is 2.